The Kier molecular flexibility index (Phi) is 6.49. The van der Waals surface area contributed by atoms with Gasteiger partial charge in [0.15, 0.2) is 0 Å². The minimum atomic E-state index is 0.906. The minimum absolute atomic E-state index is 0.906. The standard InChI is InChI=1S/C47H29N3/c1-2-11-39-37(7-1)28-42(41-13-4-3-12-40(39)41)36-8-5-9-38(27-36)44-25-23-34-20-19-33-22-24-43(49-46(33)47(34)50-44)32-16-14-30(15-17-32)35-21-18-31-10-6-26-48-45(31)29-35/h1-29H. The number of rotatable bonds is 4. The van der Waals surface area contributed by atoms with Gasteiger partial charge >= 0.3 is 0 Å². The van der Waals surface area contributed by atoms with Gasteiger partial charge in [-0.3, -0.25) is 4.98 Å². The van der Waals surface area contributed by atoms with Crippen molar-refractivity contribution in [3.05, 3.63) is 176 Å². The van der Waals surface area contributed by atoms with E-state index in [4.69, 9.17) is 9.97 Å². The van der Waals surface area contributed by atoms with Gasteiger partial charge in [0.2, 0.25) is 0 Å². The van der Waals surface area contributed by atoms with Crippen molar-refractivity contribution in [3.63, 3.8) is 0 Å². The normalized spacial score (nSPS) is 11.6. The molecule has 0 spiro atoms. The van der Waals surface area contributed by atoms with Crippen molar-refractivity contribution in [2.45, 2.75) is 0 Å². The third-order valence-corrected chi connectivity index (χ3v) is 9.88. The van der Waals surface area contributed by atoms with Crippen LogP contribution in [-0.2, 0) is 0 Å². The quantitative estimate of drug-likeness (QED) is 0.181. The van der Waals surface area contributed by atoms with Gasteiger partial charge in [-0.15, -0.1) is 0 Å². The smallest absolute Gasteiger partial charge is 0.0972 e. The lowest BCUT2D eigenvalue weighted by atomic mass is 9.92. The number of hydrogen-bond donors (Lipinski definition) is 0. The molecule has 0 N–H and O–H groups in total. The lowest BCUT2D eigenvalue weighted by Crippen LogP contribution is -1.91. The highest BCUT2D eigenvalue weighted by molar-refractivity contribution is 6.14. The summed E-state index contributed by atoms with van der Waals surface area (Å²) in [5.74, 6) is 0. The molecule has 0 bridgehead atoms. The Hall–Kier alpha value is -6.71. The Bertz CT molecular complexity index is 2930. The second-order valence-corrected chi connectivity index (χ2v) is 12.9. The molecule has 0 fully saturated rings. The van der Waals surface area contributed by atoms with Crippen LogP contribution in [0.1, 0.15) is 0 Å². The second-order valence-electron chi connectivity index (χ2n) is 12.9. The molecule has 0 saturated carbocycles. The predicted octanol–water partition coefficient (Wildman–Crippen LogP) is 12.3. The third-order valence-electron chi connectivity index (χ3n) is 9.88. The first kappa shape index (κ1) is 28.3. The molecule has 3 heterocycles. The number of benzene rings is 7. The fraction of sp³-hybridized carbons (Fsp3) is 0. The SMILES string of the molecule is c1cc(-c2ccc3ccc4ccc(-c5ccc(-c6ccc7cccnc7c6)cc5)nc4c3n2)cc(-c2cc3ccccc3c3ccccc23)c1. The van der Waals surface area contributed by atoms with Crippen molar-refractivity contribution < 1.29 is 0 Å². The fourth-order valence-electron chi connectivity index (χ4n) is 7.31. The van der Waals surface area contributed by atoms with Crippen LogP contribution in [0.4, 0.5) is 0 Å². The van der Waals surface area contributed by atoms with Crippen molar-refractivity contribution in [1.82, 2.24) is 15.0 Å². The molecule has 3 nitrogen and oxygen atoms in total. The summed E-state index contributed by atoms with van der Waals surface area (Å²) in [6.07, 6.45) is 1.84. The molecule has 10 aromatic rings. The first-order chi connectivity index (χ1) is 24.7. The number of nitrogens with zero attached hydrogens (tertiary/aromatic N) is 3. The van der Waals surface area contributed by atoms with Crippen molar-refractivity contribution in [2.75, 3.05) is 0 Å². The number of aromatic nitrogens is 3. The van der Waals surface area contributed by atoms with Crippen LogP contribution in [0.2, 0.25) is 0 Å². The molecular formula is C47H29N3. The molecule has 7 aromatic carbocycles. The van der Waals surface area contributed by atoms with Crippen LogP contribution in [0.3, 0.4) is 0 Å². The van der Waals surface area contributed by atoms with Crippen molar-refractivity contribution in [1.29, 1.82) is 0 Å². The average Bonchev–Trinajstić information content (AvgIpc) is 3.20. The maximum atomic E-state index is 5.27. The summed E-state index contributed by atoms with van der Waals surface area (Å²) >= 11 is 0. The molecule has 0 aliphatic rings. The van der Waals surface area contributed by atoms with Crippen molar-refractivity contribution >= 4 is 54.3 Å². The Labute approximate surface area is 289 Å². The highest BCUT2D eigenvalue weighted by Gasteiger charge is 2.12. The van der Waals surface area contributed by atoms with E-state index in [0.717, 1.165) is 66.4 Å². The van der Waals surface area contributed by atoms with E-state index in [0.29, 0.717) is 0 Å². The molecule has 0 aliphatic heterocycles. The van der Waals surface area contributed by atoms with E-state index >= 15 is 0 Å². The highest BCUT2D eigenvalue weighted by atomic mass is 14.8. The third kappa shape index (κ3) is 4.79. The number of fused-ring (bicyclic) bond motifs is 7. The molecule has 50 heavy (non-hydrogen) atoms. The molecule has 3 heteroatoms. The minimum Gasteiger partial charge on any atom is -0.256 e. The van der Waals surface area contributed by atoms with Gasteiger partial charge in [-0.2, -0.15) is 0 Å². The molecule has 0 radical (unpaired) electrons. The maximum Gasteiger partial charge on any atom is 0.0972 e. The first-order valence-corrected chi connectivity index (χ1v) is 16.9. The van der Waals surface area contributed by atoms with Crippen LogP contribution in [-0.4, -0.2) is 15.0 Å². The van der Waals surface area contributed by atoms with Crippen LogP contribution in [0.5, 0.6) is 0 Å². The predicted molar refractivity (Wildman–Crippen MR) is 209 cm³/mol. The van der Waals surface area contributed by atoms with E-state index in [-0.39, 0.29) is 0 Å². The van der Waals surface area contributed by atoms with Gasteiger partial charge in [-0.25, -0.2) is 9.97 Å². The topological polar surface area (TPSA) is 38.7 Å². The van der Waals surface area contributed by atoms with Gasteiger partial charge < -0.3 is 0 Å². The van der Waals surface area contributed by atoms with E-state index in [1.165, 1.54) is 32.7 Å². The Balaban J connectivity index is 1.04. The molecule has 0 unspecified atom stereocenters. The molecule has 0 amide bonds. The number of hydrogen-bond acceptors (Lipinski definition) is 3. The molecule has 0 saturated heterocycles. The van der Waals surface area contributed by atoms with Crippen LogP contribution in [0, 0.1) is 0 Å². The Morgan fingerprint density at radius 2 is 0.920 bits per heavy atom. The monoisotopic (exact) mass is 635 g/mol. The summed E-state index contributed by atoms with van der Waals surface area (Å²) in [6.45, 7) is 0. The number of pyridine rings is 3. The Morgan fingerprint density at radius 1 is 0.320 bits per heavy atom. The molecular weight excluding hydrogens is 607 g/mol. The average molecular weight is 636 g/mol. The highest BCUT2D eigenvalue weighted by Crippen LogP contribution is 2.37. The summed E-state index contributed by atoms with van der Waals surface area (Å²) < 4.78 is 0. The fourth-order valence-corrected chi connectivity index (χ4v) is 7.31. The van der Waals surface area contributed by atoms with Crippen molar-refractivity contribution in [2.24, 2.45) is 0 Å². The van der Waals surface area contributed by atoms with Gasteiger partial charge in [0.25, 0.3) is 0 Å². The largest absolute Gasteiger partial charge is 0.256 e. The van der Waals surface area contributed by atoms with E-state index in [2.05, 4.69) is 169 Å². The van der Waals surface area contributed by atoms with Crippen molar-refractivity contribution in [3.8, 4) is 44.8 Å². The zero-order chi connectivity index (χ0) is 33.0. The summed E-state index contributed by atoms with van der Waals surface area (Å²) in [5.41, 5.74) is 11.5. The van der Waals surface area contributed by atoms with E-state index in [1.54, 1.807) is 0 Å². The zero-order valence-corrected chi connectivity index (χ0v) is 27.1. The van der Waals surface area contributed by atoms with Gasteiger partial charge in [-0.1, -0.05) is 133 Å². The molecule has 3 aromatic heterocycles. The molecule has 0 atom stereocenters. The molecule has 0 aliphatic carbocycles. The van der Waals surface area contributed by atoms with Gasteiger partial charge in [0.05, 0.1) is 27.9 Å². The van der Waals surface area contributed by atoms with E-state index in [1.807, 2.05) is 12.3 Å². The lowest BCUT2D eigenvalue weighted by Gasteiger charge is -2.12. The van der Waals surface area contributed by atoms with E-state index in [9.17, 15) is 0 Å². The maximum absolute atomic E-state index is 5.27. The van der Waals surface area contributed by atoms with Crippen LogP contribution in [0.25, 0.3) is 99.0 Å². The lowest BCUT2D eigenvalue weighted by molar-refractivity contribution is 1.36. The van der Waals surface area contributed by atoms with Crippen LogP contribution >= 0.6 is 0 Å². The molecule has 232 valence electrons. The summed E-state index contributed by atoms with van der Waals surface area (Å²) in [4.78, 5) is 15.0. The summed E-state index contributed by atoms with van der Waals surface area (Å²) in [7, 11) is 0. The van der Waals surface area contributed by atoms with E-state index < -0.39 is 0 Å². The van der Waals surface area contributed by atoms with Gasteiger partial charge in [-0.05, 0) is 80.2 Å². The summed E-state index contributed by atoms with van der Waals surface area (Å²) in [5, 5.41) is 8.32. The molecule has 10 rings (SSSR count). The Morgan fingerprint density at radius 3 is 1.72 bits per heavy atom. The van der Waals surface area contributed by atoms with Gasteiger partial charge in [0, 0.05) is 33.5 Å². The zero-order valence-electron chi connectivity index (χ0n) is 27.1. The second kappa shape index (κ2) is 11.5. The summed E-state index contributed by atoms with van der Waals surface area (Å²) in [6, 6.07) is 60.3. The van der Waals surface area contributed by atoms with Crippen LogP contribution < -0.4 is 0 Å². The first-order valence-electron chi connectivity index (χ1n) is 16.9. The van der Waals surface area contributed by atoms with Gasteiger partial charge in [0.1, 0.15) is 0 Å². The van der Waals surface area contributed by atoms with Crippen LogP contribution in [0.15, 0.2) is 176 Å².